The minimum absolute atomic E-state index is 0.117. The van der Waals surface area contributed by atoms with Crippen molar-refractivity contribution in [2.24, 2.45) is 0 Å². The molecule has 1 aliphatic rings. The third-order valence-corrected chi connectivity index (χ3v) is 11.7. The third kappa shape index (κ3) is 6.12. The van der Waals surface area contributed by atoms with Crippen molar-refractivity contribution in [2.75, 3.05) is 9.80 Å². The van der Waals surface area contributed by atoms with Crippen LogP contribution in [0, 0.1) is 0 Å². The van der Waals surface area contributed by atoms with E-state index in [4.69, 9.17) is 0 Å². The van der Waals surface area contributed by atoms with E-state index in [1.54, 1.807) is 0 Å². The van der Waals surface area contributed by atoms with Crippen molar-refractivity contribution in [3.05, 3.63) is 193 Å². The first-order chi connectivity index (χ1) is 26.2. The molecule has 2 heteroatoms. The number of hydrogen-bond acceptors (Lipinski definition) is 2. The lowest BCUT2D eigenvalue weighted by Gasteiger charge is -2.42. The first-order valence-electron chi connectivity index (χ1n) is 19.2. The summed E-state index contributed by atoms with van der Waals surface area (Å²) >= 11 is 0. The number of nitrogens with zero attached hydrogens (tertiary/aromatic N) is 2. The highest BCUT2D eigenvalue weighted by Crippen LogP contribution is 2.49. The second-order valence-corrected chi connectivity index (χ2v) is 16.1. The molecular weight excluding hydrogens is 653 g/mol. The standard InChI is InChI=1S/C52H46N2/c1-51(2)33-34-52(3,4)49-36-46(31-32-48(49)51)54(50-20-12-16-40-14-10-11-19-47(40)50)44-28-23-39(24-29-44)38-21-26-43(27-22-38)53(42-17-6-5-7-18-42)45-30-25-37-13-8-9-15-41(37)35-45/h5-32,35-36H,33-34H2,1-4H3. The summed E-state index contributed by atoms with van der Waals surface area (Å²) in [6, 6.07) is 66.6. The highest BCUT2D eigenvalue weighted by Gasteiger charge is 2.37. The number of rotatable bonds is 7. The fraction of sp³-hybridized carbons (Fsp3) is 0.154. The molecule has 8 aromatic rings. The molecule has 2 nitrogen and oxygen atoms in total. The van der Waals surface area contributed by atoms with E-state index >= 15 is 0 Å². The number of para-hydroxylation sites is 1. The Morgan fingerprint density at radius 2 is 0.852 bits per heavy atom. The summed E-state index contributed by atoms with van der Waals surface area (Å²) in [6.45, 7) is 9.62. The van der Waals surface area contributed by atoms with E-state index in [9.17, 15) is 0 Å². The SMILES string of the molecule is CC1(C)CCC(C)(C)c2cc(N(c3ccc(-c4ccc(N(c5ccccc5)c5ccc6ccccc6c5)cc4)cc3)c3cccc4ccccc34)ccc21. The highest BCUT2D eigenvalue weighted by atomic mass is 15.1. The van der Waals surface area contributed by atoms with Crippen LogP contribution in [0.15, 0.2) is 182 Å². The van der Waals surface area contributed by atoms with Gasteiger partial charge in [0.15, 0.2) is 0 Å². The van der Waals surface area contributed by atoms with E-state index in [0.717, 1.165) is 22.7 Å². The van der Waals surface area contributed by atoms with E-state index in [2.05, 4.69) is 219 Å². The maximum absolute atomic E-state index is 2.47. The minimum atomic E-state index is 0.117. The van der Waals surface area contributed by atoms with Gasteiger partial charge in [0.25, 0.3) is 0 Å². The van der Waals surface area contributed by atoms with E-state index in [0.29, 0.717) is 0 Å². The Hall–Kier alpha value is -6.12. The molecule has 0 heterocycles. The van der Waals surface area contributed by atoms with Gasteiger partial charge < -0.3 is 9.80 Å². The Balaban J connectivity index is 1.10. The Bertz CT molecular complexity index is 2590. The molecule has 0 N–H and O–H groups in total. The number of hydrogen-bond donors (Lipinski definition) is 0. The lowest BCUT2D eigenvalue weighted by molar-refractivity contribution is 0.332. The van der Waals surface area contributed by atoms with Crippen LogP contribution >= 0.6 is 0 Å². The fourth-order valence-electron chi connectivity index (χ4n) is 8.49. The summed E-state index contributed by atoms with van der Waals surface area (Å²) < 4.78 is 0. The first-order valence-corrected chi connectivity index (χ1v) is 19.2. The van der Waals surface area contributed by atoms with Crippen LogP contribution in [-0.4, -0.2) is 0 Å². The Morgan fingerprint density at radius 3 is 1.56 bits per heavy atom. The number of benzene rings is 8. The summed E-state index contributed by atoms with van der Waals surface area (Å²) in [5, 5.41) is 4.95. The second kappa shape index (κ2) is 13.4. The molecule has 0 saturated carbocycles. The fourth-order valence-corrected chi connectivity index (χ4v) is 8.49. The Labute approximate surface area is 320 Å². The van der Waals surface area contributed by atoms with Gasteiger partial charge in [-0.25, -0.2) is 0 Å². The van der Waals surface area contributed by atoms with Gasteiger partial charge in [0, 0.05) is 33.8 Å². The predicted molar refractivity (Wildman–Crippen MR) is 232 cm³/mol. The van der Waals surface area contributed by atoms with E-state index in [1.807, 2.05) is 0 Å². The van der Waals surface area contributed by atoms with Crippen molar-refractivity contribution in [1.29, 1.82) is 0 Å². The van der Waals surface area contributed by atoms with Crippen LogP contribution in [0.2, 0.25) is 0 Å². The third-order valence-electron chi connectivity index (χ3n) is 11.7. The zero-order valence-corrected chi connectivity index (χ0v) is 31.6. The minimum Gasteiger partial charge on any atom is -0.310 e. The normalized spacial score (nSPS) is 14.4. The smallest absolute Gasteiger partial charge is 0.0540 e. The maximum Gasteiger partial charge on any atom is 0.0540 e. The largest absolute Gasteiger partial charge is 0.310 e. The van der Waals surface area contributed by atoms with Gasteiger partial charge in [0.1, 0.15) is 0 Å². The Morgan fingerprint density at radius 1 is 0.352 bits per heavy atom. The molecule has 0 aromatic heterocycles. The molecule has 8 aromatic carbocycles. The first kappa shape index (κ1) is 33.7. The maximum atomic E-state index is 2.47. The second-order valence-electron chi connectivity index (χ2n) is 16.1. The van der Waals surface area contributed by atoms with Gasteiger partial charge in [-0.1, -0.05) is 143 Å². The van der Waals surface area contributed by atoms with Crippen molar-refractivity contribution in [2.45, 2.75) is 51.4 Å². The van der Waals surface area contributed by atoms with Gasteiger partial charge in [0.05, 0.1) is 5.69 Å². The van der Waals surface area contributed by atoms with Gasteiger partial charge >= 0.3 is 0 Å². The van der Waals surface area contributed by atoms with Crippen LogP contribution in [-0.2, 0) is 10.8 Å². The molecule has 0 unspecified atom stereocenters. The van der Waals surface area contributed by atoms with Crippen molar-refractivity contribution >= 4 is 55.7 Å². The van der Waals surface area contributed by atoms with Crippen LogP contribution in [0.1, 0.15) is 51.7 Å². The average molecular weight is 699 g/mol. The Kier molecular flexibility index (Phi) is 8.35. The van der Waals surface area contributed by atoms with Crippen molar-refractivity contribution in [3.63, 3.8) is 0 Å². The highest BCUT2D eigenvalue weighted by molar-refractivity contribution is 5.99. The van der Waals surface area contributed by atoms with E-state index < -0.39 is 0 Å². The van der Waals surface area contributed by atoms with E-state index in [1.165, 1.54) is 68.0 Å². The summed E-state index contributed by atoms with van der Waals surface area (Å²) in [4.78, 5) is 4.79. The number of fused-ring (bicyclic) bond motifs is 3. The molecule has 9 rings (SSSR count). The molecule has 0 amide bonds. The van der Waals surface area contributed by atoms with Gasteiger partial charge in [-0.3, -0.25) is 0 Å². The molecule has 1 aliphatic carbocycles. The van der Waals surface area contributed by atoms with Crippen molar-refractivity contribution in [1.82, 2.24) is 0 Å². The molecule has 0 spiro atoms. The molecule has 0 radical (unpaired) electrons. The molecule has 0 atom stereocenters. The van der Waals surface area contributed by atoms with Crippen LogP contribution in [0.5, 0.6) is 0 Å². The van der Waals surface area contributed by atoms with Gasteiger partial charge in [-0.15, -0.1) is 0 Å². The zero-order chi connectivity index (χ0) is 36.9. The van der Waals surface area contributed by atoms with Crippen LogP contribution in [0.4, 0.5) is 34.1 Å². The van der Waals surface area contributed by atoms with Crippen molar-refractivity contribution in [3.8, 4) is 11.1 Å². The topological polar surface area (TPSA) is 6.48 Å². The summed E-state index contributed by atoms with van der Waals surface area (Å²) in [5.74, 6) is 0. The molecule has 0 fully saturated rings. The predicted octanol–water partition coefficient (Wildman–Crippen LogP) is 14.9. The van der Waals surface area contributed by atoms with Crippen LogP contribution in [0.25, 0.3) is 32.7 Å². The molecule has 0 aliphatic heterocycles. The van der Waals surface area contributed by atoms with E-state index in [-0.39, 0.29) is 10.8 Å². The number of anilines is 6. The van der Waals surface area contributed by atoms with Crippen LogP contribution in [0.3, 0.4) is 0 Å². The molecular formula is C52H46N2. The van der Waals surface area contributed by atoms with Gasteiger partial charge in [-0.05, 0) is 129 Å². The quantitative estimate of drug-likeness (QED) is 0.163. The van der Waals surface area contributed by atoms with Crippen LogP contribution < -0.4 is 9.80 Å². The lowest BCUT2D eigenvalue weighted by atomic mass is 9.63. The summed E-state index contributed by atoms with van der Waals surface area (Å²) in [7, 11) is 0. The van der Waals surface area contributed by atoms with Gasteiger partial charge in [-0.2, -0.15) is 0 Å². The molecule has 54 heavy (non-hydrogen) atoms. The average Bonchev–Trinajstić information content (AvgIpc) is 3.21. The monoisotopic (exact) mass is 698 g/mol. The molecule has 264 valence electrons. The molecule has 0 saturated heterocycles. The summed E-state index contributed by atoms with van der Waals surface area (Å²) in [5.41, 5.74) is 12.5. The molecule has 0 bridgehead atoms. The van der Waals surface area contributed by atoms with Crippen molar-refractivity contribution < 1.29 is 0 Å². The lowest BCUT2D eigenvalue weighted by Crippen LogP contribution is -2.34. The zero-order valence-electron chi connectivity index (χ0n) is 31.6. The summed E-state index contributed by atoms with van der Waals surface area (Å²) in [6.07, 6.45) is 2.39. The van der Waals surface area contributed by atoms with Gasteiger partial charge in [0.2, 0.25) is 0 Å².